The molecular weight excluding hydrogens is 304 g/mol. The van der Waals surface area contributed by atoms with Crippen molar-refractivity contribution < 1.29 is 24.5 Å². The molecule has 1 aliphatic carbocycles. The van der Waals surface area contributed by atoms with Crippen LogP contribution in [0.5, 0.6) is 5.75 Å². The average Bonchev–Trinajstić information content (AvgIpc) is 2.93. The van der Waals surface area contributed by atoms with Gasteiger partial charge in [0.1, 0.15) is 5.56 Å². The van der Waals surface area contributed by atoms with Gasteiger partial charge in [-0.1, -0.05) is 0 Å². The van der Waals surface area contributed by atoms with Crippen LogP contribution in [0.3, 0.4) is 0 Å². The number of aliphatic hydroxyl groups is 1. The summed E-state index contributed by atoms with van der Waals surface area (Å²) in [4.78, 5) is 37.8. The Labute approximate surface area is 131 Å². The molecule has 3 rings (SSSR count). The van der Waals surface area contributed by atoms with Crippen molar-refractivity contribution in [3.63, 3.8) is 0 Å². The Hall–Kier alpha value is -2.35. The summed E-state index contributed by atoms with van der Waals surface area (Å²) in [6.07, 6.45) is 2.67. The second-order valence-corrected chi connectivity index (χ2v) is 5.87. The van der Waals surface area contributed by atoms with Gasteiger partial charge < -0.3 is 24.4 Å². The minimum absolute atomic E-state index is 0.0646. The van der Waals surface area contributed by atoms with Crippen molar-refractivity contribution in [2.75, 3.05) is 13.7 Å². The van der Waals surface area contributed by atoms with E-state index < -0.39 is 23.1 Å². The minimum atomic E-state index is -1.35. The lowest BCUT2D eigenvalue weighted by molar-refractivity contribution is 0.0590. The molecule has 23 heavy (non-hydrogen) atoms. The third-order valence-corrected chi connectivity index (χ3v) is 4.54. The first-order valence-electron chi connectivity index (χ1n) is 7.47. The molecule has 2 N–H and O–H groups in total. The number of carboxylic acids is 1. The molecule has 124 valence electrons. The molecule has 1 aromatic heterocycles. The summed E-state index contributed by atoms with van der Waals surface area (Å²) >= 11 is 0. The Bertz CT molecular complexity index is 725. The predicted molar refractivity (Wildman–Crippen MR) is 78.9 cm³/mol. The number of hydrogen-bond acceptors (Lipinski definition) is 5. The van der Waals surface area contributed by atoms with E-state index in [2.05, 4.69) is 0 Å². The summed E-state index contributed by atoms with van der Waals surface area (Å²) in [5.41, 5.74) is -1.13. The number of pyridine rings is 1. The molecule has 2 atom stereocenters. The molecule has 2 aliphatic rings. The van der Waals surface area contributed by atoms with Gasteiger partial charge in [0.25, 0.3) is 5.91 Å². The highest BCUT2D eigenvalue weighted by atomic mass is 16.5. The lowest BCUT2D eigenvalue weighted by Crippen LogP contribution is -2.47. The molecule has 1 aromatic rings. The van der Waals surface area contributed by atoms with E-state index in [1.165, 1.54) is 17.9 Å². The van der Waals surface area contributed by atoms with Crippen LogP contribution in [0.1, 0.15) is 40.1 Å². The van der Waals surface area contributed by atoms with Crippen molar-refractivity contribution in [1.82, 2.24) is 9.47 Å². The second-order valence-electron chi connectivity index (χ2n) is 5.87. The van der Waals surface area contributed by atoms with Crippen molar-refractivity contribution in [2.45, 2.75) is 38.0 Å². The zero-order chi connectivity index (χ0) is 16.7. The average molecular weight is 322 g/mol. The first kappa shape index (κ1) is 15.5. The monoisotopic (exact) mass is 322 g/mol. The number of hydrogen-bond donors (Lipinski definition) is 2. The number of ether oxygens (including phenoxy) is 1. The SMILES string of the molecule is COc1c2n(cc(C(=O)O)c1=O)CCN([C@H]1CC[C@@H](O)C1)C2=O. The number of carbonyl (C=O) groups is 2. The Balaban J connectivity index is 2.05. The van der Waals surface area contributed by atoms with Crippen LogP contribution >= 0.6 is 0 Å². The van der Waals surface area contributed by atoms with Gasteiger partial charge in [-0.25, -0.2) is 4.79 Å². The van der Waals surface area contributed by atoms with E-state index in [4.69, 9.17) is 9.84 Å². The van der Waals surface area contributed by atoms with E-state index in [9.17, 15) is 19.5 Å². The normalized spacial score (nSPS) is 23.7. The summed E-state index contributed by atoms with van der Waals surface area (Å²) in [6, 6.07) is -0.0646. The fourth-order valence-corrected chi connectivity index (χ4v) is 3.40. The molecule has 0 spiro atoms. The van der Waals surface area contributed by atoms with E-state index in [0.717, 1.165) is 0 Å². The Morgan fingerprint density at radius 2 is 2.04 bits per heavy atom. The zero-order valence-corrected chi connectivity index (χ0v) is 12.7. The van der Waals surface area contributed by atoms with Gasteiger partial charge >= 0.3 is 5.97 Å². The van der Waals surface area contributed by atoms with Crippen molar-refractivity contribution in [2.24, 2.45) is 0 Å². The van der Waals surface area contributed by atoms with Gasteiger partial charge in [-0.2, -0.15) is 0 Å². The van der Waals surface area contributed by atoms with E-state index in [1.54, 1.807) is 4.90 Å². The van der Waals surface area contributed by atoms with Crippen molar-refractivity contribution in [1.29, 1.82) is 0 Å². The van der Waals surface area contributed by atoms with Crippen LogP contribution in [0.4, 0.5) is 0 Å². The van der Waals surface area contributed by atoms with Crippen molar-refractivity contribution in [3.8, 4) is 5.75 Å². The van der Waals surface area contributed by atoms with E-state index >= 15 is 0 Å². The topological polar surface area (TPSA) is 109 Å². The molecule has 8 heteroatoms. The highest BCUT2D eigenvalue weighted by molar-refractivity contribution is 5.97. The first-order chi connectivity index (χ1) is 10.9. The quantitative estimate of drug-likeness (QED) is 0.806. The third kappa shape index (κ3) is 2.48. The van der Waals surface area contributed by atoms with Crippen LogP contribution in [-0.2, 0) is 6.54 Å². The minimum Gasteiger partial charge on any atom is -0.491 e. The van der Waals surface area contributed by atoms with E-state index in [0.29, 0.717) is 32.4 Å². The molecule has 1 aliphatic heterocycles. The summed E-state index contributed by atoms with van der Waals surface area (Å²) < 4.78 is 6.51. The lowest BCUT2D eigenvalue weighted by atomic mass is 10.1. The number of carbonyl (C=O) groups excluding carboxylic acids is 1. The van der Waals surface area contributed by atoms with Gasteiger partial charge in [0.2, 0.25) is 5.43 Å². The summed E-state index contributed by atoms with van der Waals surface area (Å²) in [6.45, 7) is 0.791. The predicted octanol–water partition coefficient (Wildman–Crippen LogP) is -0.0757. The number of nitrogens with zero attached hydrogens (tertiary/aromatic N) is 2. The highest BCUT2D eigenvalue weighted by Crippen LogP contribution is 2.29. The van der Waals surface area contributed by atoms with Crippen LogP contribution < -0.4 is 10.2 Å². The van der Waals surface area contributed by atoms with Gasteiger partial charge in [-0.15, -0.1) is 0 Å². The van der Waals surface area contributed by atoms with Crippen LogP contribution in [0, 0.1) is 0 Å². The lowest BCUT2D eigenvalue weighted by Gasteiger charge is -2.35. The molecule has 0 saturated heterocycles. The molecular formula is C15H18N2O6. The maximum atomic E-state index is 12.8. The molecule has 1 amide bonds. The second kappa shape index (κ2) is 5.69. The molecule has 2 heterocycles. The van der Waals surface area contributed by atoms with Crippen molar-refractivity contribution in [3.05, 3.63) is 27.7 Å². The fourth-order valence-electron chi connectivity index (χ4n) is 3.40. The van der Waals surface area contributed by atoms with Gasteiger partial charge in [0, 0.05) is 25.3 Å². The molecule has 0 bridgehead atoms. The number of carboxylic acid groups (broad SMARTS) is 1. The summed E-state index contributed by atoms with van der Waals surface area (Å²) in [5, 5.41) is 18.8. The van der Waals surface area contributed by atoms with E-state index in [-0.39, 0.29) is 23.4 Å². The Morgan fingerprint density at radius 1 is 1.30 bits per heavy atom. The van der Waals surface area contributed by atoms with Crippen molar-refractivity contribution >= 4 is 11.9 Å². The molecule has 8 nitrogen and oxygen atoms in total. The maximum Gasteiger partial charge on any atom is 0.341 e. The number of aromatic carboxylic acids is 1. The Kier molecular flexibility index (Phi) is 3.85. The Morgan fingerprint density at radius 3 is 2.61 bits per heavy atom. The fraction of sp³-hybridized carbons (Fsp3) is 0.533. The highest BCUT2D eigenvalue weighted by Gasteiger charge is 2.37. The first-order valence-corrected chi connectivity index (χ1v) is 7.47. The smallest absolute Gasteiger partial charge is 0.341 e. The van der Waals surface area contributed by atoms with Crippen LogP contribution in [-0.4, -0.2) is 57.4 Å². The molecule has 1 fully saturated rings. The number of rotatable bonds is 3. The van der Waals surface area contributed by atoms with Gasteiger partial charge in [-0.05, 0) is 19.3 Å². The standard InChI is InChI=1S/C15H18N2O6/c1-23-13-11-14(20)17(8-2-3-9(18)6-8)5-4-16(11)7-10(12(13)19)15(21)22/h7-9,18H,2-6H2,1H3,(H,21,22)/t8-,9+/m0/s1. The number of aliphatic hydroxyl groups excluding tert-OH is 1. The number of amides is 1. The number of fused-ring (bicyclic) bond motifs is 1. The number of methoxy groups -OCH3 is 1. The third-order valence-electron chi connectivity index (χ3n) is 4.54. The zero-order valence-electron chi connectivity index (χ0n) is 12.7. The van der Waals surface area contributed by atoms with Gasteiger partial charge in [0.15, 0.2) is 11.4 Å². The molecule has 0 radical (unpaired) electrons. The van der Waals surface area contributed by atoms with Crippen LogP contribution in [0.2, 0.25) is 0 Å². The molecule has 0 unspecified atom stereocenters. The van der Waals surface area contributed by atoms with Crippen LogP contribution in [0.25, 0.3) is 0 Å². The van der Waals surface area contributed by atoms with Gasteiger partial charge in [0.05, 0.1) is 13.2 Å². The number of aromatic nitrogens is 1. The largest absolute Gasteiger partial charge is 0.491 e. The summed E-state index contributed by atoms with van der Waals surface area (Å²) in [7, 11) is 1.24. The van der Waals surface area contributed by atoms with E-state index in [1.807, 2.05) is 0 Å². The molecule has 1 saturated carbocycles. The summed E-state index contributed by atoms with van der Waals surface area (Å²) in [5.74, 6) is -1.95. The van der Waals surface area contributed by atoms with Crippen LogP contribution in [0.15, 0.2) is 11.0 Å². The molecule has 0 aromatic carbocycles. The maximum absolute atomic E-state index is 12.8. The van der Waals surface area contributed by atoms with Gasteiger partial charge in [-0.3, -0.25) is 9.59 Å².